The Hall–Kier alpha value is -5.70. The maximum absolute atomic E-state index is 14.5. The maximum atomic E-state index is 14.5. The minimum absolute atomic E-state index is 0.0351. The molecule has 4 atom stereocenters. The van der Waals surface area contributed by atoms with Crippen molar-refractivity contribution in [2.24, 2.45) is 5.92 Å². The fraction of sp³-hybridized carbons (Fsp3) is 0.462. The lowest BCUT2D eigenvalue weighted by molar-refractivity contribution is -0.133. The third kappa shape index (κ3) is 21.2. The molecule has 0 spiro atoms. The average Bonchev–Trinajstić information content (AvgIpc) is 0.906. The van der Waals surface area contributed by atoms with Crippen LogP contribution in [0.4, 0.5) is 4.79 Å². The third-order valence-corrected chi connectivity index (χ3v) is 28.2. The van der Waals surface area contributed by atoms with Gasteiger partial charge in [0.15, 0.2) is 5.78 Å². The molecule has 0 aliphatic rings. The number of amides is 1. The summed E-state index contributed by atoms with van der Waals surface area (Å²) in [6.45, 7) is 15.7. The van der Waals surface area contributed by atoms with E-state index in [2.05, 4.69) is 199 Å². The van der Waals surface area contributed by atoms with Gasteiger partial charge in [-0.15, -0.1) is 11.6 Å². The number of alkyl carbamates (subject to hydrolysis) is 1. The number of hydrogen-bond acceptors (Lipinski definition) is 7. The van der Waals surface area contributed by atoms with Gasteiger partial charge >= 0.3 is 6.09 Å². The second-order valence-corrected chi connectivity index (χ2v) is 35.7. The number of carbonyl (C=O) groups is 2. The number of ether oxygens (including phenoxy) is 3. The lowest BCUT2D eigenvalue weighted by atomic mass is 9.86. The monoisotopic (exact) mass is 1260 g/mol. The van der Waals surface area contributed by atoms with Crippen molar-refractivity contribution in [2.75, 3.05) is 33.5 Å². The Kier molecular flexibility index (Phi) is 29.4. The van der Waals surface area contributed by atoms with Gasteiger partial charge in [0.2, 0.25) is 0 Å². The van der Waals surface area contributed by atoms with Gasteiger partial charge in [0.05, 0.1) is 31.2 Å². The van der Waals surface area contributed by atoms with Crippen molar-refractivity contribution in [3.63, 3.8) is 0 Å². The number of ketones is 1. The lowest BCUT2D eigenvalue weighted by Gasteiger charge is -2.43. The van der Waals surface area contributed by atoms with Crippen LogP contribution in [0.2, 0.25) is 10.1 Å². The number of fused-ring (bicyclic) bond motifs is 1. The fourth-order valence-electron chi connectivity index (χ4n) is 13.1. The number of halogens is 1. The lowest BCUT2D eigenvalue weighted by Crippen LogP contribution is -2.67. The van der Waals surface area contributed by atoms with Crippen LogP contribution in [0, 0.1) is 5.92 Å². The molecule has 1 N–H and O–H groups in total. The second-order valence-electron chi connectivity index (χ2n) is 26.5. The molecule has 0 heterocycles. The van der Waals surface area contributed by atoms with Crippen molar-refractivity contribution in [1.82, 2.24) is 5.32 Å². The average molecular weight is 1260 g/mol. The molecular weight excluding hydrogens is 1150 g/mol. The van der Waals surface area contributed by atoms with E-state index in [4.69, 9.17) is 34.7 Å². The number of alkyl halides is 1. The number of rotatable bonds is 40. The molecule has 0 aliphatic carbocycles. The summed E-state index contributed by atoms with van der Waals surface area (Å²) in [6.07, 6.45) is 18.5. The second kappa shape index (κ2) is 37.0. The summed E-state index contributed by atoms with van der Waals surface area (Å²) in [5, 5.41) is 9.97. The minimum atomic E-state index is -2.85. The molecule has 7 rings (SSSR count). The molecule has 89 heavy (non-hydrogen) atoms. The highest BCUT2D eigenvalue weighted by Crippen LogP contribution is 2.39. The van der Waals surface area contributed by atoms with Crippen LogP contribution in [0.5, 0.6) is 0 Å². The van der Waals surface area contributed by atoms with E-state index in [1.165, 1.54) is 59.3 Å². The molecule has 1 amide bonds. The van der Waals surface area contributed by atoms with Crippen molar-refractivity contribution in [1.29, 1.82) is 0 Å². The molecular formula is C78H104ClNO7Si2. The zero-order valence-corrected chi connectivity index (χ0v) is 57.5. The summed E-state index contributed by atoms with van der Waals surface area (Å²) in [5.74, 6) is 0.183. The molecule has 0 aromatic heterocycles. The van der Waals surface area contributed by atoms with Crippen LogP contribution in [0.3, 0.4) is 0 Å². The van der Waals surface area contributed by atoms with E-state index >= 15 is 0 Å². The van der Waals surface area contributed by atoms with Crippen LogP contribution < -0.4 is 26.1 Å². The van der Waals surface area contributed by atoms with Gasteiger partial charge in [-0.1, -0.05) is 319 Å². The Morgan fingerprint density at radius 1 is 0.461 bits per heavy atom. The molecule has 0 aliphatic heterocycles. The summed E-state index contributed by atoms with van der Waals surface area (Å²) in [6, 6.07) is 66.7. The summed E-state index contributed by atoms with van der Waals surface area (Å²) >= 11 is 7.09. The van der Waals surface area contributed by atoms with Crippen LogP contribution in [0.1, 0.15) is 174 Å². The van der Waals surface area contributed by atoms with Gasteiger partial charge in [-0.25, -0.2) is 4.79 Å². The predicted molar refractivity (Wildman–Crippen MR) is 376 cm³/mol. The van der Waals surface area contributed by atoms with Gasteiger partial charge in [-0.05, 0) is 84.5 Å². The van der Waals surface area contributed by atoms with Gasteiger partial charge < -0.3 is 28.4 Å². The molecule has 0 saturated heterocycles. The van der Waals surface area contributed by atoms with E-state index in [-0.39, 0.29) is 40.4 Å². The smallest absolute Gasteiger partial charge is 0.407 e. The number of Topliss-reactive ketones (excluding diaryl/α,β-unsaturated/α-hetero) is 1. The van der Waals surface area contributed by atoms with Crippen LogP contribution in [0.25, 0.3) is 10.8 Å². The van der Waals surface area contributed by atoms with Gasteiger partial charge in [-0.2, -0.15) is 0 Å². The highest BCUT2D eigenvalue weighted by molar-refractivity contribution is 7.00. The molecule has 1 unspecified atom stereocenters. The largest absolute Gasteiger partial charge is 0.445 e. The standard InChI is InChI=1S/C78H104ClNO7Si2/c1-77(2,3)88(70-47-29-20-30-48-70,71-49-31-21-32-50-71)86-60-68(79)46-28-17-14-16-27-44-65(74(81)75(83-7)67-56-55-64-42-37-38-45-66(64)58-67)43-26-15-12-10-8-9-11-13-18-39-57-84-61-69(80-76(82)85-59-63-40-24-19-25-41-63)62-87-89(78(4,5)6,72-51-33-22-34-52-72)73-53-35-23-36-54-73/h19-25,29-38,40-42,45,47-56,58,65,68-69,75H,8-18,26-28,39,43-44,46,57,59-62H2,1-7H3,(H,80,82)/t65?,68-,69+,75-/m1/s1. The molecule has 11 heteroatoms. The molecule has 7 aromatic rings. The Morgan fingerprint density at radius 2 is 0.865 bits per heavy atom. The van der Waals surface area contributed by atoms with Crippen LogP contribution in [-0.4, -0.2) is 73.5 Å². The van der Waals surface area contributed by atoms with Gasteiger partial charge in [0.1, 0.15) is 12.7 Å². The maximum Gasteiger partial charge on any atom is 0.407 e. The quantitative estimate of drug-likeness (QED) is 0.0232. The van der Waals surface area contributed by atoms with E-state index < -0.39 is 34.9 Å². The third-order valence-electron chi connectivity index (χ3n) is 17.8. The number of carbonyl (C=O) groups excluding carboxylic acids is 2. The fourth-order valence-corrected chi connectivity index (χ4v) is 22.6. The number of benzene rings is 7. The number of hydrogen-bond donors (Lipinski definition) is 1. The predicted octanol–water partition coefficient (Wildman–Crippen LogP) is 17.8. The Morgan fingerprint density at radius 3 is 1.33 bits per heavy atom. The number of methoxy groups -OCH3 is 1. The molecule has 0 saturated carbocycles. The van der Waals surface area contributed by atoms with Gasteiger partial charge in [0.25, 0.3) is 16.6 Å². The zero-order valence-electron chi connectivity index (χ0n) is 54.8. The minimum Gasteiger partial charge on any atom is -0.445 e. The first-order valence-corrected chi connectivity index (χ1v) is 37.7. The van der Waals surface area contributed by atoms with Crippen molar-refractivity contribution < 1.29 is 32.7 Å². The van der Waals surface area contributed by atoms with Crippen LogP contribution in [0.15, 0.2) is 194 Å². The molecule has 8 nitrogen and oxygen atoms in total. The van der Waals surface area contributed by atoms with Crippen molar-refractivity contribution in [3.05, 3.63) is 205 Å². The molecule has 0 radical (unpaired) electrons. The molecule has 0 bridgehead atoms. The topological polar surface area (TPSA) is 92.3 Å². The summed E-state index contributed by atoms with van der Waals surface area (Å²) < 4.78 is 32.4. The molecule has 7 aromatic carbocycles. The van der Waals surface area contributed by atoms with E-state index in [1.54, 1.807) is 7.11 Å². The van der Waals surface area contributed by atoms with Crippen molar-refractivity contribution >= 4 is 71.6 Å². The van der Waals surface area contributed by atoms with Crippen LogP contribution >= 0.6 is 11.6 Å². The van der Waals surface area contributed by atoms with E-state index in [0.29, 0.717) is 19.8 Å². The highest BCUT2D eigenvalue weighted by Gasteiger charge is 2.51. The summed E-state index contributed by atoms with van der Waals surface area (Å²) in [7, 11) is -3.80. The first-order valence-electron chi connectivity index (χ1n) is 33.4. The van der Waals surface area contributed by atoms with E-state index in [1.807, 2.05) is 42.5 Å². The first-order chi connectivity index (χ1) is 43.2. The van der Waals surface area contributed by atoms with Crippen molar-refractivity contribution in [3.8, 4) is 0 Å². The number of nitrogens with one attached hydrogen (secondary N) is 1. The van der Waals surface area contributed by atoms with E-state index in [9.17, 15) is 9.59 Å². The SMILES string of the molecule is CO[C@@H](C(=O)C(CCCCCCCCCCCCOC[C@@H](CO[Si](c1ccccc1)(c1ccccc1)C(C)(C)C)NC(=O)OCc1ccccc1)CCCCCCC[C@@H](Cl)CO[Si](c1ccccc1)(c1ccccc1)C(C)(C)C)c1ccc2ccccc2c1. The zero-order chi connectivity index (χ0) is 63.2. The Bertz CT molecular complexity index is 3010. The first kappa shape index (κ1) is 70.8. The van der Waals surface area contributed by atoms with E-state index in [0.717, 1.165) is 98.9 Å². The Balaban J connectivity index is 0.821. The molecule has 0 fully saturated rings. The normalized spacial score (nSPS) is 13.6. The van der Waals surface area contributed by atoms with Crippen LogP contribution in [-0.2, 0) is 34.5 Å². The molecule has 478 valence electrons. The van der Waals surface area contributed by atoms with Crippen molar-refractivity contribution in [2.45, 2.75) is 191 Å². The Labute approximate surface area is 542 Å². The summed E-state index contributed by atoms with van der Waals surface area (Å²) in [4.78, 5) is 27.8. The highest BCUT2D eigenvalue weighted by atomic mass is 35.5. The number of unbranched alkanes of at least 4 members (excludes halogenated alkanes) is 13. The van der Waals surface area contributed by atoms with Gasteiger partial charge in [0, 0.05) is 19.6 Å². The summed E-state index contributed by atoms with van der Waals surface area (Å²) in [5.41, 5.74) is 1.87. The van der Waals surface area contributed by atoms with Gasteiger partial charge in [-0.3, -0.25) is 4.79 Å².